The lowest BCUT2D eigenvalue weighted by Crippen LogP contribution is -2.22. The molecule has 0 saturated carbocycles. The Bertz CT molecular complexity index is 298. The van der Waals surface area contributed by atoms with E-state index in [1.165, 1.54) is 12.2 Å². The zero-order chi connectivity index (χ0) is 12.6. The third kappa shape index (κ3) is 9.39. The van der Waals surface area contributed by atoms with Crippen molar-refractivity contribution in [2.24, 2.45) is 0 Å². The molecule has 4 heteroatoms. The first-order chi connectivity index (χ1) is 7.35. The van der Waals surface area contributed by atoms with E-state index in [1.807, 2.05) is 0 Å². The zero-order valence-corrected chi connectivity index (χ0v) is 11.4. The second kappa shape index (κ2) is 7.17. The molecule has 3 nitrogen and oxygen atoms in total. The third-order valence-corrected chi connectivity index (χ3v) is 3.58. The van der Waals surface area contributed by atoms with Crippen molar-refractivity contribution in [3.05, 3.63) is 23.8 Å². The molecule has 0 saturated heterocycles. The van der Waals surface area contributed by atoms with Crippen molar-refractivity contribution in [3.63, 3.8) is 0 Å². The lowest BCUT2D eigenvalue weighted by Gasteiger charge is -2.14. The molecule has 0 fully saturated rings. The Morgan fingerprint density at radius 3 is 2.44 bits per heavy atom. The van der Waals surface area contributed by atoms with Crippen molar-refractivity contribution in [1.29, 1.82) is 0 Å². The molecule has 0 aliphatic carbocycles. The van der Waals surface area contributed by atoms with Gasteiger partial charge in [-0.05, 0) is 18.5 Å². The molecule has 0 aliphatic heterocycles. The van der Waals surface area contributed by atoms with E-state index in [0.717, 1.165) is 12.3 Å². The molecule has 0 aromatic rings. The van der Waals surface area contributed by atoms with Gasteiger partial charge in [0.25, 0.3) is 0 Å². The van der Waals surface area contributed by atoms with E-state index in [-0.39, 0.29) is 5.97 Å². The van der Waals surface area contributed by atoms with Gasteiger partial charge in [0.15, 0.2) is 0 Å². The lowest BCUT2D eigenvalue weighted by molar-refractivity contribution is -0.137. The Morgan fingerprint density at radius 2 is 1.94 bits per heavy atom. The van der Waals surface area contributed by atoms with Gasteiger partial charge in [-0.3, -0.25) is 4.79 Å². The van der Waals surface area contributed by atoms with Gasteiger partial charge in [0.1, 0.15) is 6.29 Å². The van der Waals surface area contributed by atoms with Crippen LogP contribution in [0.2, 0.25) is 25.7 Å². The molecule has 0 aliphatic rings. The average Bonchev–Trinajstić information content (AvgIpc) is 2.15. The molecular weight excluding hydrogens is 220 g/mol. The highest BCUT2D eigenvalue weighted by molar-refractivity contribution is 6.76. The summed E-state index contributed by atoms with van der Waals surface area (Å²) in [6.45, 7) is 8.84. The number of allylic oxidation sites excluding steroid dienone is 3. The number of esters is 1. The number of aldehydes is 1. The number of rotatable bonds is 6. The molecule has 0 bridgehead atoms. The van der Waals surface area contributed by atoms with Gasteiger partial charge in [-0.15, -0.1) is 0 Å². The van der Waals surface area contributed by atoms with Crippen LogP contribution in [-0.2, 0) is 14.3 Å². The highest BCUT2D eigenvalue weighted by Crippen LogP contribution is 2.07. The number of ether oxygens (including phenoxy) is 1. The molecule has 0 rings (SSSR count). The maximum absolute atomic E-state index is 11.2. The zero-order valence-electron chi connectivity index (χ0n) is 10.4. The monoisotopic (exact) mass is 240 g/mol. The van der Waals surface area contributed by atoms with Crippen LogP contribution in [0.3, 0.4) is 0 Å². The van der Waals surface area contributed by atoms with E-state index >= 15 is 0 Å². The molecule has 0 aromatic heterocycles. The molecule has 0 N–H and O–H groups in total. The first kappa shape index (κ1) is 14.8. The Kier molecular flexibility index (Phi) is 6.65. The fourth-order valence-corrected chi connectivity index (χ4v) is 1.54. The smallest absolute Gasteiger partial charge is 0.330 e. The van der Waals surface area contributed by atoms with Gasteiger partial charge in [-0.1, -0.05) is 31.8 Å². The van der Waals surface area contributed by atoms with Gasteiger partial charge in [0.2, 0.25) is 0 Å². The fourth-order valence-electron chi connectivity index (χ4n) is 0.824. The van der Waals surface area contributed by atoms with Crippen LogP contribution < -0.4 is 0 Å². The summed E-state index contributed by atoms with van der Waals surface area (Å²) in [6, 6.07) is 0.968. The van der Waals surface area contributed by atoms with Crippen molar-refractivity contribution < 1.29 is 14.3 Å². The Balaban J connectivity index is 3.88. The van der Waals surface area contributed by atoms with Crippen molar-refractivity contribution in [3.8, 4) is 0 Å². The summed E-state index contributed by atoms with van der Waals surface area (Å²) in [4.78, 5) is 21.4. The van der Waals surface area contributed by atoms with Crippen LogP contribution in [0.1, 0.15) is 6.92 Å². The third-order valence-electron chi connectivity index (χ3n) is 1.87. The minimum Gasteiger partial charge on any atom is -0.463 e. The highest BCUT2D eigenvalue weighted by Gasteiger charge is 2.12. The van der Waals surface area contributed by atoms with Crippen LogP contribution in [0, 0.1) is 0 Å². The van der Waals surface area contributed by atoms with Gasteiger partial charge in [-0.2, -0.15) is 0 Å². The fraction of sp³-hybridized carbons (Fsp3) is 0.500. The van der Waals surface area contributed by atoms with Crippen LogP contribution in [0.5, 0.6) is 0 Å². The van der Waals surface area contributed by atoms with Crippen molar-refractivity contribution >= 4 is 20.3 Å². The van der Waals surface area contributed by atoms with Crippen molar-refractivity contribution in [1.82, 2.24) is 0 Å². The molecule has 0 aromatic carbocycles. The summed E-state index contributed by atoms with van der Waals surface area (Å²) < 4.78 is 5.02. The molecule has 0 heterocycles. The standard InChI is InChI=1S/C12H20O3Si/c1-11(10-13)6-5-7-12(14)15-8-9-16(2,3)4/h5-7,10H,8-9H2,1-4H3/b7-5+,11-6+. The second-order valence-corrected chi connectivity index (χ2v) is 10.5. The molecular formula is C12H20O3Si. The van der Waals surface area contributed by atoms with Crippen LogP contribution in [0.25, 0.3) is 0 Å². The van der Waals surface area contributed by atoms with Gasteiger partial charge in [0.05, 0.1) is 6.61 Å². The van der Waals surface area contributed by atoms with Gasteiger partial charge >= 0.3 is 5.97 Å². The van der Waals surface area contributed by atoms with E-state index < -0.39 is 8.07 Å². The molecule has 16 heavy (non-hydrogen) atoms. The number of hydrogen-bond donors (Lipinski definition) is 0. The van der Waals surface area contributed by atoms with E-state index in [2.05, 4.69) is 19.6 Å². The maximum Gasteiger partial charge on any atom is 0.330 e. The molecule has 90 valence electrons. The van der Waals surface area contributed by atoms with E-state index in [4.69, 9.17) is 4.74 Å². The van der Waals surface area contributed by atoms with E-state index in [1.54, 1.807) is 13.0 Å². The van der Waals surface area contributed by atoms with Gasteiger partial charge in [-0.25, -0.2) is 4.79 Å². The molecule has 0 amide bonds. The average molecular weight is 240 g/mol. The SMILES string of the molecule is C/C(C=O)=C\C=C\C(=O)OCC[Si](C)(C)C. The van der Waals surface area contributed by atoms with Crippen LogP contribution >= 0.6 is 0 Å². The van der Waals surface area contributed by atoms with Crippen LogP contribution in [0.4, 0.5) is 0 Å². The molecule has 0 spiro atoms. The van der Waals surface area contributed by atoms with Crippen LogP contribution in [-0.4, -0.2) is 26.9 Å². The summed E-state index contributed by atoms with van der Waals surface area (Å²) in [5.74, 6) is -0.354. The Hall–Kier alpha value is -1.16. The normalized spacial score (nSPS) is 12.9. The van der Waals surface area contributed by atoms with Gasteiger partial charge in [0, 0.05) is 14.1 Å². The summed E-state index contributed by atoms with van der Waals surface area (Å²) in [5.41, 5.74) is 0.575. The topological polar surface area (TPSA) is 43.4 Å². The molecule has 0 atom stereocenters. The Labute approximate surface area is 98.2 Å². The number of carbonyl (C=O) groups is 2. The molecule has 0 radical (unpaired) electrons. The first-order valence-corrected chi connectivity index (χ1v) is 9.03. The second-order valence-electron chi connectivity index (χ2n) is 4.87. The van der Waals surface area contributed by atoms with Gasteiger partial charge < -0.3 is 4.74 Å². The number of hydrogen-bond acceptors (Lipinski definition) is 3. The predicted octanol–water partition coefficient (Wildman–Crippen LogP) is 2.57. The molecule has 0 unspecified atom stereocenters. The van der Waals surface area contributed by atoms with Crippen molar-refractivity contribution in [2.45, 2.75) is 32.6 Å². The van der Waals surface area contributed by atoms with Crippen LogP contribution in [0.15, 0.2) is 23.8 Å². The first-order valence-electron chi connectivity index (χ1n) is 5.32. The summed E-state index contributed by atoms with van der Waals surface area (Å²) in [6.07, 6.45) is 5.17. The lowest BCUT2D eigenvalue weighted by atomic mass is 10.3. The Morgan fingerprint density at radius 1 is 1.31 bits per heavy atom. The van der Waals surface area contributed by atoms with Crippen molar-refractivity contribution in [2.75, 3.05) is 6.61 Å². The summed E-state index contributed by atoms with van der Waals surface area (Å²) in [5, 5.41) is 0. The number of carbonyl (C=O) groups excluding carboxylic acids is 2. The summed E-state index contributed by atoms with van der Waals surface area (Å²) in [7, 11) is -1.14. The van der Waals surface area contributed by atoms with E-state index in [9.17, 15) is 9.59 Å². The largest absolute Gasteiger partial charge is 0.463 e. The van der Waals surface area contributed by atoms with E-state index in [0.29, 0.717) is 12.2 Å². The predicted molar refractivity (Wildman–Crippen MR) is 68.1 cm³/mol. The quantitative estimate of drug-likeness (QED) is 0.236. The summed E-state index contributed by atoms with van der Waals surface area (Å²) >= 11 is 0. The minimum atomic E-state index is -1.14. The highest BCUT2D eigenvalue weighted by atomic mass is 28.3. The maximum atomic E-state index is 11.2. The minimum absolute atomic E-state index is 0.354.